The van der Waals surface area contributed by atoms with Gasteiger partial charge in [0.05, 0.1) is 42.4 Å². The van der Waals surface area contributed by atoms with E-state index < -0.39 is 94.2 Å². The van der Waals surface area contributed by atoms with Crippen molar-refractivity contribution in [3.8, 4) is 22.6 Å². The van der Waals surface area contributed by atoms with Gasteiger partial charge < -0.3 is 9.47 Å². The van der Waals surface area contributed by atoms with Crippen LogP contribution in [0, 0.1) is 0 Å². The molecule has 0 aromatic heterocycles. The fourth-order valence-corrected chi connectivity index (χ4v) is 10.2. The molecule has 2 aliphatic rings. The highest BCUT2D eigenvalue weighted by atomic mass is 32.2. The minimum absolute atomic E-state index is 0.107. The topological polar surface area (TPSA) is 344 Å². The van der Waals surface area contributed by atoms with Crippen molar-refractivity contribution < 1.29 is 70.9 Å². The van der Waals surface area contributed by atoms with Gasteiger partial charge in [-0.25, -0.2) is 0 Å². The number of anilines is 2. The molecular formula is C44H32N6O16S4. The van der Waals surface area contributed by atoms with Crippen LogP contribution < -0.4 is 20.3 Å². The summed E-state index contributed by atoms with van der Waals surface area (Å²) < 4.78 is 148. The summed E-state index contributed by atoms with van der Waals surface area (Å²) in [7, 11) is -17.3. The number of Topliss-reactive ketones (excluding diaryl/α,β-unsaturated/α-hetero) is 2. The van der Waals surface area contributed by atoms with Crippen LogP contribution in [0.25, 0.3) is 34.1 Å². The van der Waals surface area contributed by atoms with Gasteiger partial charge in [-0.2, -0.15) is 43.9 Å². The highest BCUT2D eigenvalue weighted by Gasteiger charge is 2.38. The minimum atomic E-state index is -5.09. The predicted molar refractivity (Wildman–Crippen MR) is 255 cm³/mol. The van der Waals surface area contributed by atoms with Gasteiger partial charge in [0.15, 0.2) is 11.4 Å². The van der Waals surface area contributed by atoms with Crippen molar-refractivity contribution in [2.45, 2.75) is 9.79 Å². The number of ketones is 2. The number of hydrazone groups is 2. The highest BCUT2D eigenvalue weighted by Crippen LogP contribution is 2.39. The molecule has 0 spiro atoms. The lowest BCUT2D eigenvalue weighted by atomic mass is 9.94. The number of ether oxygens (including phenoxy) is 2. The molecule has 0 radical (unpaired) electrons. The number of nitrogens with one attached hydrogen (secondary N) is 2. The van der Waals surface area contributed by atoms with Crippen LogP contribution in [0.1, 0.15) is 31.8 Å². The molecule has 70 heavy (non-hydrogen) atoms. The highest BCUT2D eigenvalue weighted by molar-refractivity contribution is 7.91. The zero-order chi connectivity index (χ0) is 50.5. The summed E-state index contributed by atoms with van der Waals surface area (Å²) in [6.45, 7) is 0. The molecule has 0 saturated carbocycles. The Morgan fingerprint density at radius 2 is 0.914 bits per heavy atom. The number of carbonyl (C=O) groups excluding carboxylic acids is 2. The number of azo groups is 1. The zero-order valence-corrected chi connectivity index (χ0v) is 38.9. The molecular weight excluding hydrogens is 997 g/mol. The number of rotatable bonds is 13. The van der Waals surface area contributed by atoms with Crippen molar-refractivity contribution in [2.75, 3.05) is 25.1 Å². The molecule has 0 aliphatic heterocycles. The van der Waals surface area contributed by atoms with Crippen molar-refractivity contribution >= 4 is 109 Å². The summed E-state index contributed by atoms with van der Waals surface area (Å²) in [5.74, 6) is -2.02. The first-order valence-corrected chi connectivity index (χ1v) is 25.4. The first-order chi connectivity index (χ1) is 33.0. The number of nitrogens with zero attached hydrogens (tertiary/aromatic N) is 4. The molecule has 2 aliphatic carbocycles. The van der Waals surface area contributed by atoms with Gasteiger partial charge in [0, 0.05) is 10.8 Å². The lowest BCUT2D eigenvalue weighted by Crippen LogP contribution is -2.28. The number of hydrogen-bond donors (Lipinski definition) is 6. The number of benzene rings is 6. The lowest BCUT2D eigenvalue weighted by Gasteiger charge is -2.18. The van der Waals surface area contributed by atoms with Gasteiger partial charge in [-0.15, -0.1) is 10.2 Å². The summed E-state index contributed by atoms with van der Waals surface area (Å²) in [5.41, 5.74) is 4.02. The molecule has 0 heterocycles. The van der Waals surface area contributed by atoms with E-state index in [1.165, 1.54) is 56.7 Å². The maximum Gasteiger partial charge on any atom is 0.296 e. The van der Waals surface area contributed by atoms with Gasteiger partial charge in [0.1, 0.15) is 36.8 Å². The summed E-state index contributed by atoms with van der Waals surface area (Å²) in [4.78, 5) is 23.7. The van der Waals surface area contributed by atoms with Gasteiger partial charge in [-0.05, 0) is 82.9 Å². The summed E-state index contributed by atoms with van der Waals surface area (Å²) in [6, 6.07) is 26.1. The molecule has 22 nitrogen and oxygen atoms in total. The minimum Gasteiger partial charge on any atom is -0.494 e. The second kappa shape index (κ2) is 18.3. The second-order valence-corrected chi connectivity index (χ2v) is 20.4. The Morgan fingerprint density at radius 1 is 0.471 bits per heavy atom. The van der Waals surface area contributed by atoms with Crippen LogP contribution in [0.4, 0.5) is 22.7 Å². The fraction of sp³-hybridized carbons (Fsp3) is 0.0455. The van der Waals surface area contributed by atoms with E-state index in [0.29, 0.717) is 27.6 Å². The zero-order valence-electron chi connectivity index (χ0n) is 35.7. The molecule has 0 bridgehead atoms. The first kappa shape index (κ1) is 48.6. The van der Waals surface area contributed by atoms with E-state index in [1.807, 2.05) is 0 Å². The predicted octanol–water partition coefficient (Wildman–Crippen LogP) is 7.22. The average Bonchev–Trinajstić information content (AvgIpc) is 3.31. The van der Waals surface area contributed by atoms with Gasteiger partial charge >= 0.3 is 0 Å². The third kappa shape index (κ3) is 9.47. The molecule has 8 rings (SSSR count). The molecule has 0 amide bonds. The molecule has 0 unspecified atom stereocenters. The Morgan fingerprint density at radius 3 is 1.41 bits per heavy atom. The maximum atomic E-state index is 13.6. The fourth-order valence-electron chi connectivity index (χ4n) is 7.45. The normalized spacial score (nSPS) is 15.4. The Labute approximate surface area is 397 Å². The third-order valence-electron chi connectivity index (χ3n) is 10.6. The van der Waals surface area contributed by atoms with Crippen LogP contribution in [0.15, 0.2) is 149 Å². The Balaban J connectivity index is 1.06. The van der Waals surface area contributed by atoms with E-state index in [1.54, 1.807) is 54.6 Å². The number of hydrogen-bond acceptors (Lipinski definition) is 18. The van der Waals surface area contributed by atoms with Gasteiger partial charge in [-0.1, -0.05) is 60.7 Å². The van der Waals surface area contributed by atoms with Crippen LogP contribution in [0.5, 0.6) is 11.5 Å². The molecule has 6 aromatic carbocycles. The van der Waals surface area contributed by atoms with Gasteiger partial charge in [0.2, 0.25) is 11.6 Å². The average molecular weight is 1030 g/mol. The third-order valence-corrected chi connectivity index (χ3v) is 14.1. The van der Waals surface area contributed by atoms with Crippen molar-refractivity contribution in [3.05, 3.63) is 141 Å². The first-order valence-electron chi connectivity index (χ1n) is 19.7. The van der Waals surface area contributed by atoms with Crippen LogP contribution >= 0.6 is 0 Å². The van der Waals surface area contributed by atoms with E-state index in [4.69, 9.17) is 9.47 Å². The molecule has 26 heteroatoms. The lowest BCUT2D eigenvalue weighted by molar-refractivity contribution is 0.105. The Hall–Kier alpha value is -7.82. The monoisotopic (exact) mass is 1030 g/mol. The van der Waals surface area contributed by atoms with Crippen LogP contribution in [-0.4, -0.2) is 89.1 Å². The van der Waals surface area contributed by atoms with Gasteiger partial charge in [0.25, 0.3) is 40.5 Å². The number of methoxy groups -OCH3 is 2. The molecule has 358 valence electrons. The van der Waals surface area contributed by atoms with E-state index in [2.05, 4.69) is 31.3 Å². The SMILES string of the molecule is COc1cc(-c2ccc(N/N=C3\C(=O)c4c(cccc4S(=O)(=O)O)C=C3S(=O)(=O)O)c(OC)c2)ccc1N=Nc1ccc(N/N=C2\C(=O)c3c(cccc3S(=O)(=O)O)C=C2S(=O)(=O)O)c2ccccc12. The van der Waals surface area contributed by atoms with E-state index >= 15 is 0 Å². The van der Waals surface area contributed by atoms with E-state index in [9.17, 15) is 61.5 Å². The van der Waals surface area contributed by atoms with Crippen LogP contribution in [-0.2, 0) is 40.5 Å². The standard InChI is InChI=1S/C44H32N6O16S4/c1-65-33-19-23(24-14-16-32(34(20-24)66-2)48-50-42-38(70(62,63)64)22-26-8-6-12-36(68(56,57)58)40(26)44(42)52)13-15-31(33)47-45-29-17-18-30(28-10-4-3-9-27(28)29)46-49-41-37(69(59,60)61)21-25-7-5-11-35(67(53,54)55)39(25)43(41)51/h3-22,46,48H,1-2H3,(H,53,54,55)(H,56,57,58)(H,59,60,61)(H,62,63,64)/b47-45?,49-41-,50-42-. The quantitative estimate of drug-likeness (QED) is 0.0377. The summed E-state index contributed by atoms with van der Waals surface area (Å²) in [6.07, 6.45) is 1.70. The molecule has 0 atom stereocenters. The summed E-state index contributed by atoms with van der Waals surface area (Å²) >= 11 is 0. The Bertz CT molecular complexity index is 3910. The maximum absolute atomic E-state index is 13.6. The van der Waals surface area contributed by atoms with Crippen LogP contribution in [0.2, 0.25) is 0 Å². The second-order valence-electron chi connectivity index (χ2n) is 14.8. The number of allylic oxidation sites excluding steroid dienone is 2. The van der Waals surface area contributed by atoms with Crippen LogP contribution in [0.3, 0.4) is 0 Å². The van der Waals surface area contributed by atoms with Crippen molar-refractivity contribution in [1.29, 1.82) is 0 Å². The molecule has 6 aromatic rings. The largest absolute Gasteiger partial charge is 0.494 e. The molecule has 0 fully saturated rings. The number of fused-ring (bicyclic) bond motifs is 3. The van der Waals surface area contributed by atoms with Crippen molar-refractivity contribution in [1.82, 2.24) is 0 Å². The molecule has 0 saturated heterocycles. The van der Waals surface area contributed by atoms with Crippen molar-refractivity contribution in [3.63, 3.8) is 0 Å². The molecule has 6 N–H and O–H groups in total. The summed E-state index contributed by atoms with van der Waals surface area (Å²) in [5, 5.41) is 17.7. The smallest absolute Gasteiger partial charge is 0.296 e. The van der Waals surface area contributed by atoms with E-state index in [-0.39, 0.29) is 39.7 Å². The van der Waals surface area contributed by atoms with Crippen molar-refractivity contribution in [2.24, 2.45) is 20.4 Å². The van der Waals surface area contributed by atoms with Gasteiger partial charge in [-0.3, -0.25) is 38.7 Å². The Kier molecular flexibility index (Phi) is 12.7. The number of carbonyl (C=O) groups is 2. The van der Waals surface area contributed by atoms with E-state index in [0.717, 1.165) is 24.3 Å².